The second kappa shape index (κ2) is 10.9. The van der Waals surface area contributed by atoms with E-state index in [1.165, 1.54) is 0 Å². The number of anilines is 1. The minimum atomic E-state index is -0.0104. The highest BCUT2D eigenvalue weighted by Crippen LogP contribution is 2.28. The predicted molar refractivity (Wildman–Crippen MR) is 152 cm³/mol. The Morgan fingerprint density at radius 1 is 0.846 bits per heavy atom. The molecule has 8 heteroatoms. The molecule has 1 aliphatic rings. The number of amides is 1. The Kier molecular flexibility index (Phi) is 6.91. The van der Waals surface area contributed by atoms with Gasteiger partial charge in [-0.25, -0.2) is 14.6 Å². The fourth-order valence-corrected chi connectivity index (χ4v) is 5.12. The topological polar surface area (TPSA) is 76.4 Å². The number of carbonyl (C=O) groups excluding carboxylic acids is 1. The molecule has 1 fully saturated rings. The van der Waals surface area contributed by atoms with Gasteiger partial charge in [-0.15, -0.1) is 0 Å². The van der Waals surface area contributed by atoms with Crippen molar-refractivity contribution in [2.45, 2.75) is 12.8 Å². The molecule has 0 saturated carbocycles. The highest BCUT2D eigenvalue weighted by atomic mass is 16.5. The summed E-state index contributed by atoms with van der Waals surface area (Å²) in [6.07, 6.45) is 3.30. The minimum absolute atomic E-state index is 0.0104. The molecule has 0 aliphatic carbocycles. The Labute approximate surface area is 227 Å². The normalized spacial score (nSPS) is 13.9. The van der Waals surface area contributed by atoms with Gasteiger partial charge < -0.3 is 14.5 Å². The number of hydrogen-bond donors (Lipinski definition) is 0. The zero-order valence-corrected chi connectivity index (χ0v) is 21.9. The second-order valence-electron chi connectivity index (χ2n) is 9.59. The van der Waals surface area contributed by atoms with Gasteiger partial charge in [0.05, 0.1) is 29.9 Å². The third kappa shape index (κ3) is 5.05. The molecule has 1 aliphatic heterocycles. The van der Waals surface area contributed by atoms with Crippen LogP contribution in [0.1, 0.15) is 28.2 Å². The lowest BCUT2D eigenvalue weighted by Gasteiger charge is -2.24. The van der Waals surface area contributed by atoms with Crippen molar-refractivity contribution in [1.29, 1.82) is 0 Å². The van der Waals surface area contributed by atoms with Crippen molar-refractivity contribution in [3.63, 3.8) is 0 Å². The maximum absolute atomic E-state index is 13.4. The van der Waals surface area contributed by atoms with E-state index in [0.717, 1.165) is 46.9 Å². The van der Waals surface area contributed by atoms with Gasteiger partial charge in [0.2, 0.25) is 0 Å². The van der Waals surface area contributed by atoms with Crippen LogP contribution >= 0.6 is 0 Å². The van der Waals surface area contributed by atoms with E-state index in [4.69, 9.17) is 19.8 Å². The molecule has 3 heterocycles. The first-order valence-corrected chi connectivity index (χ1v) is 13.2. The number of fused-ring (bicyclic) bond motifs is 1. The van der Waals surface area contributed by atoms with E-state index in [1.807, 2.05) is 88.6 Å². The Morgan fingerprint density at radius 2 is 1.59 bits per heavy atom. The smallest absolute Gasteiger partial charge is 0.257 e. The Bertz CT molecular complexity index is 1590. The van der Waals surface area contributed by atoms with Crippen LogP contribution in [-0.2, 0) is 6.42 Å². The highest BCUT2D eigenvalue weighted by Gasteiger charge is 2.25. The van der Waals surface area contributed by atoms with Crippen LogP contribution in [0.15, 0.2) is 91.1 Å². The zero-order valence-electron chi connectivity index (χ0n) is 21.9. The minimum Gasteiger partial charge on any atom is -0.496 e. The molecule has 1 amide bonds. The van der Waals surface area contributed by atoms with Crippen LogP contribution in [0.4, 0.5) is 5.82 Å². The summed E-state index contributed by atoms with van der Waals surface area (Å²) in [5, 5.41) is 5.61. The molecule has 0 N–H and O–H groups in total. The average molecular weight is 519 g/mol. The van der Waals surface area contributed by atoms with E-state index in [-0.39, 0.29) is 5.91 Å². The molecule has 0 unspecified atom stereocenters. The van der Waals surface area contributed by atoms with E-state index >= 15 is 0 Å². The van der Waals surface area contributed by atoms with Gasteiger partial charge in [-0.1, -0.05) is 60.7 Å². The van der Waals surface area contributed by atoms with Gasteiger partial charge in [0.25, 0.3) is 5.91 Å². The maximum atomic E-state index is 13.4. The van der Waals surface area contributed by atoms with Crippen LogP contribution in [-0.4, -0.2) is 63.8 Å². The summed E-state index contributed by atoms with van der Waals surface area (Å²) in [5.74, 6) is 2.19. The van der Waals surface area contributed by atoms with Crippen LogP contribution in [0.3, 0.4) is 0 Å². The van der Waals surface area contributed by atoms with Gasteiger partial charge in [-0.05, 0) is 36.2 Å². The monoisotopic (exact) mass is 518 g/mol. The number of benzene rings is 3. The number of aromatic nitrogens is 4. The number of ether oxygens (including phenoxy) is 1. The molecule has 8 nitrogen and oxygen atoms in total. The summed E-state index contributed by atoms with van der Waals surface area (Å²) >= 11 is 0. The van der Waals surface area contributed by atoms with Crippen molar-refractivity contribution in [1.82, 2.24) is 24.6 Å². The molecule has 2 aromatic heterocycles. The molecule has 3 aromatic carbocycles. The van der Waals surface area contributed by atoms with Crippen LogP contribution < -0.4 is 9.64 Å². The number of methoxy groups -OCH3 is 1. The Hall–Kier alpha value is -4.72. The first-order valence-electron chi connectivity index (χ1n) is 13.2. The van der Waals surface area contributed by atoms with E-state index in [1.54, 1.807) is 7.11 Å². The summed E-state index contributed by atoms with van der Waals surface area (Å²) in [6, 6.07) is 27.7. The molecule has 0 bridgehead atoms. The molecule has 1 saturated heterocycles. The number of carbonyl (C=O) groups is 1. The van der Waals surface area contributed by atoms with Gasteiger partial charge in [-0.2, -0.15) is 5.10 Å². The molecule has 196 valence electrons. The molecule has 39 heavy (non-hydrogen) atoms. The van der Waals surface area contributed by atoms with Gasteiger partial charge in [0.15, 0.2) is 5.65 Å². The Balaban J connectivity index is 1.34. The van der Waals surface area contributed by atoms with Gasteiger partial charge in [-0.3, -0.25) is 4.79 Å². The van der Waals surface area contributed by atoms with Gasteiger partial charge >= 0.3 is 0 Å². The molecule has 6 rings (SSSR count). The SMILES string of the molecule is COc1ccccc1C(=O)N1CCCN(c2nc(Cc3ccccc3)nc3c2cnn3-c2ccccc2)CC1. The van der Waals surface area contributed by atoms with Crippen molar-refractivity contribution < 1.29 is 9.53 Å². The van der Waals surface area contributed by atoms with Crippen molar-refractivity contribution in [3.05, 3.63) is 108 Å². The predicted octanol–water partition coefficient (Wildman–Crippen LogP) is 4.77. The number of rotatable bonds is 6. The van der Waals surface area contributed by atoms with E-state index in [2.05, 4.69) is 17.0 Å². The fourth-order valence-electron chi connectivity index (χ4n) is 5.12. The number of nitrogens with zero attached hydrogens (tertiary/aromatic N) is 6. The first-order chi connectivity index (χ1) is 19.2. The molecule has 5 aromatic rings. The van der Waals surface area contributed by atoms with Crippen molar-refractivity contribution >= 4 is 22.8 Å². The molecule has 0 radical (unpaired) electrons. The highest BCUT2D eigenvalue weighted by molar-refractivity contribution is 5.97. The van der Waals surface area contributed by atoms with Crippen molar-refractivity contribution in [2.24, 2.45) is 0 Å². The summed E-state index contributed by atoms with van der Waals surface area (Å²) in [7, 11) is 1.60. The van der Waals surface area contributed by atoms with Crippen molar-refractivity contribution in [3.8, 4) is 11.4 Å². The van der Waals surface area contributed by atoms with Gasteiger partial charge in [0, 0.05) is 32.6 Å². The summed E-state index contributed by atoms with van der Waals surface area (Å²) < 4.78 is 7.32. The summed E-state index contributed by atoms with van der Waals surface area (Å²) in [4.78, 5) is 27.6. The Morgan fingerprint density at radius 3 is 2.38 bits per heavy atom. The summed E-state index contributed by atoms with van der Waals surface area (Å²) in [6.45, 7) is 2.70. The third-order valence-corrected chi connectivity index (χ3v) is 7.08. The maximum Gasteiger partial charge on any atom is 0.257 e. The number of hydrogen-bond acceptors (Lipinski definition) is 6. The lowest BCUT2D eigenvalue weighted by atomic mass is 10.1. The van der Waals surface area contributed by atoms with E-state index < -0.39 is 0 Å². The number of para-hydroxylation sites is 2. The molecular weight excluding hydrogens is 488 g/mol. The quantitative estimate of drug-likeness (QED) is 0.322. The summed E-state index contributed by atoms with van der Waals surface area (Å²) in [5.41, 5.74) is 3.47. The first kappa shape index (κ1) is 24.6. The standard InChI is InChI=1S/C31H30N6O2/c1-39-27-16-9-8-15-25(27)31(38)36-18-10-17-35(19-20-36)29-26-22-32-37(24-13-6-3-7-14-24)30(26)34-28(33-29)21-23-11-4-2-5-12-23/h2-9,11-16,22H,10,17-21H2,1H3. The average Bonchev–Trinajstić information content (AvgIpc) is 3.26. The van der Waals surface area contributed by atoms with E-state index in [0.29, 0.717) is 37.4 Å². The van der Waals surface area contributed by atoms with Crippen LogP contribution in [0.25, 0.3) is 16.7 Å². The lowest BCUT2D eigenvalue weighted by Crippen LogP contribution is -2.35. The third-order valence-electron chi connectivity index (χ3n) is 7.08. The van der Waals surface area contributed by atoms with Crippen molar-refractivity contribution in [2.75, 3.05) is 38.2 Å². The molecule has 0 atom stereocenters. The van der Waals surface area contributed by atoms with Gasteiger partial charge in [0.1, 0.15) is 17.4 Å². The van der Waals surface area contributed by atoms with Crippen LogP contribution in [0, 0.1) is 0 Å². The van der Waals surface area contributed by atoms with Crippen LogP contribution in [0.5, 0.6) is 5.75 Å². The van der Waals surface area contributed by atoms with E-state index in [9.17, 15) is 4.79 Å². The molecule has 0 spiro atoms. The molecular formula is C31H30N6O2. The zero-order chi connectivity index (χ0) is 26.6. The lowest BCUT2D eigenvalue weighted by molar-refractivity contribution is 0.0763. The fraction of sp³-hybridized carbons (Fsp3) is 0.226. The largest absolute Gasteiger partial charge is 0.496 e. The van der Waals surface area contributed by atoms with Crippen LogP contribution in [0.2, 0.25) is 0 Å². The second-order valence-corrected chi connectivity index (χ2v) is 9.59.